The fourth-order valence-corrected chi connectivity index (χ4v) is 3.77. The molecule has 2 aromatic carbocycles. The van der Waals surface area contributed by atoms with Gasteiger partial charge in [0.25, 0.3) is 0 Å². The van der Waals surface area contributed by atoms with Gasteiger partial charge in [0, 0.05) is 32.7 Å². The van der Waals surface area contributed by atoms with Crippen molar-refractivity contribution in [3.8, 4) is 0 Å². The third kappa shape index (κ3) is 6.21. The largest absolute Gasteiger partial charge is 0.416 e. The predicted octanol–water partition coefficient (Wildman–Crippen LogP) is 3.62. The van der Waals surface area contributed by atoms with Crippen LogP contribution in [-0.4, -0.2) is 49.6 Å². The molecule has 0 spiro atoms. The van der Waals surface area contributed by atoms with Crippen LogP contribution in [-0.2, 0) is 32.2 Å². The van der Waals surface area contributed by atoms with Crippen molar-refractivity contribution in [1.82, 2.24) is 20.4 Å². The highest BCUT2D eigenvalue weighted by Crippen LogP contribution is 2.32. The van der Waals surface area contributed by atoms with Gasteiger partial charge in [-0.2, -0.15) is 13.2 Å². The summed E-state index contributed by atoms with van der Waals surface area (Å²) < 4.78 is 40.2. The number of amides is 2. The van der Waals surface area contributed by atoms with E-state index in [0.717, 1.165) is 31.1 Å². The molecule has 2 N–H and O–H groups in total. The van der Waals surface area contributed by atoms with Crippen LogP contribution in [0.4, 0.5) is 18.0 Å². The molecular weight excluding hydrogens is 405 g/mol. The van der Waals surface area contributed by atoms with Crippen molar-refractivity contribution in [3.63, 3.8) is 0 Å². The summed E-state index contributed by atoms with van der Waals surface area (Å²) in [5.74, 6) is 0. The minimum atomic E-state index is -4.46. The molecule has 1 heterocycles. The molecule has 3 rings (SSSR count). The van der Waals surface area contributed by atoms with Crippen LogP contribution in [0.25, 0.3) is 0 Å². The molecule has 0 fully saturated rings. The van der Waals surface area contributed by atoms with Gasteiger partial charge in [0.15, 0.2) is 0 Å². The summed E-state index contributed by atoms with van der Waals surface area (Å²) in [6.45, 7) is 2.81. The van der Waals surface area contributed by atoms with Gasteiger partial charge in [-0.3, -0.25) is 0 Å². The number of carbonyl (C=O) groups excluding carboxylic acids is 1. The van der Waals surface area contributed by atoms with Crippen molar-refractivity contribution in [2.24, 2.45) is 0 Å². The summed E-state index contributed by atoms with van der Waals surface area (Å²) in [6, 6.07) is 11.1. The van der Waals surface area contributed by atoms with Gasteiger partial charge < -0.3 is 20.4 Å². The summed E-state index contributed by atoms with van der Waals surface area (Å²) in [7, 11) is 3.73. The second kappa shape index (κ2) is 10.2. The van der Waals surface area contributed by atoms with Gasteiger partial charge in [0.05, 0.1) is 5.56 Å². The van der Waals surface area contributed by atoms with Gasteiger partial charge in [-0.1, -0.05) is 36.4 Å². The number of halogens is 3. The Hall–Kier alpha value is -2.58. The average molecular weight is 435 g/mol. The predicted molar refractivity (Wildman–Crippen MR) is 114 cm³/mol. The van der Waals surface area contributed by atoms with Gasteiger partial charge in [-0.05, 0) is 55.4 Å². The number of carbonyl (C=O) groups is 1. The average Bonchev–Trinajstić information content (AvgIpc) is 2.74. The van der Waals surface area contributed by atoms with Gasteiger partial charge in [-0.25, -0.2) is 4.79 Å². The van der Waals surface area contributed by atoms with E-state index in [2.05, 4.69) is 16.7 Å². The fraction of sp³-hybridized carbons (Fsp3) is 0.435. The first-order valence-corrected chi connectivity index (χ1v) is 10.4. The van der Waals surface area contributed by atoms with Crippen molar-refractivity contribution in [1.29, 1.82) is 0 Å². The van der Waals surface area contributed by atoms with Crippen LogP contribution in [0.3, 0.4) is 0 Å². The standard InChI is InChI=1S/C23H29F3N4O/c1-29(2)12-13-30(16-19-6-3-4-9-21(19)23(24,25)26)22(31)28-15-18-8-5-7-17-14-27-11-10-20(17)18/h3-9,27H,10-16H2,1-2H3,(H,28,31). The second-order valence-corrected chi connectivity index (χ2v) is 8.02. The summed E-state index contributed by atoms with van der Waals surface area (Å²) in [4.78, 5) is 16.3. The fourth-order valence-electron chi connectivity index (χ4n) is 3.77. The molecule has 0 aromatic heterocycles. The van der Waals surface area contributed by atoms with Crippen molar-refractivity contribution >= 4 is 6.03 Å². The monoisotopic (exact) mass is 434 g/mol. The van der Waals surface area contributed by atoms with Crippen molar-refractivity contribution in [2.75, 3.05) is 33.7 Å². The van der Waals surface area contributed by atoms with Crippen LogP contribution in [0.1, 0.15) is 27.8 Å². The topological polar surface area (TPSA) is 47.6 Å². The Morgan fingerprint density at radius 2 is 1.81 bits per heavy atom. The smallest absolute Gasteiger partial charge is 0.334 e. The highest BCUT2D eigenvalue weighted by Gasteiger charge is 2.33. The molecular formula is C23H29F3N4O. The van der Waals surface area contributed by atoms with Crippen LogP contribution in [0, 0.1) is 0 Å². The van der Waals surface area contributed by atoms with E-state index in [0.29, 0.717) is 19.6 Å². The van der Waals surface area contributed by atoms with E-state index < -0.39 is 11.7 Å². The van der Waals surface area contributed by atoms with E-state index in [9.17, 15) is 18.0 Å². The maximum Gasteiger partial charge on any atom is 0.416 e. The van der Waals surface area contributed by atoms with Crippen LogP contribution >= 0.6 is 0 Å². The molecule has 2 amide bonds. The molecule has 0 aliphatic carbocycles. The number of rotatable bonds is 7. The van der Waals surface area contributed by atoms with E-state index >= 15 is 0 Å². The number of urea groups is 1. The summed E-state index contributed by atoms with van der Waals surface area (Å²) in [5.41, 5.74) is 2.90. The zero-order chi connectivity index (χ0) is 22.4. The molecule has 0 bridgehead atoms. The van der Waals surface area contributed by atoms with E-state index in [1.54, 1.807) is 6.07 Å². The number of benzene rings is 2. The Morgan fingerprint density at radius 3 is 2.55 bits per heavy atom. The first kappa shape index (κ1) is 23.1. The lowest BCUT2D eigenvalue weighted by atomic mass is 9.95. The number of fused-ring (bicyclic) bond motifs is 1. The van der Waals surface area contributed by atoms with Crippen LogP contribution in [0.15, 0.2) is 42.5 Å². The van der Waals surface area contributed by atoms with Crippen LogP contribution in [0.2, 0.25) is 0 Å². The van der Waals surface area contributed by atoms with Gasteiger partial charge >= 0.3 is 12.2 Å². The lowest BCUT2D eigenvalue weighted by molar-refractivity contribution is -0.138. The molecule has 5 nitrogen and oxygen atoms in total. The Morgan fingerprint density at radius 1 is 1.06 bits per heavy atom. The molecule has 0 atom stereocenters. The number of likely N-dealkylation sites (N-methyl/N-ethyl adjacent to an activating group) is 1. The van der Waals surface area contributed by atoms with Gasteiger partial charge in [0.2, 0.25) is 0 Å². The van der Waals surface area contributed by atoms with E-state index in [4.69, 9.17) is 0 Å². The normalized spacial score (nSPS) is 13.7. The Balaban J connectivity index is 1.74. The lowest BCUT2D eigenvalue weighted by Crippen LogP contribution is -2.43. The Bertz CT molecular complexity index is 899. The van der Waals surface area contributed by atoms with E-state index in [1.165, 1.54) is 28.2 Å². The summed E-state index contributed by atoms with van der Waals surface area (Å²) in [5, 5.41) is 6.25. The third-order valence-corrected chi connectivity index (χ3v) is 5.46. The van der Waals surface area contributed by atoms with Gasteiger partial charge in [-0.15, -0.1) is 0 Å². The SMILES string of the molecule is CN(C)CCN(Cc1ccccc1C(F)(F)F)C(=O)NCc1cccc2c1CCNC2. The first-order valence-electron chi connectivity index (χ1n) is 10.4. The molecule has 168 valence electrons. The highest BCUT2D eigenvalue weighted by atomic mass is 19.4. The first-order chi connectivity index (χ1) is 14.8. The zero-order valence-corrected chi connectivity index (χ0v) is 17.9. The van der Waals surface area contributed by atoms with Crippen LogP contribution < -0.4 is 10.6 Å². The van der Waals surface area contributed by atoms with E-state index in [1.807, 2.05) is 31.1 Å². The number of alkyl halides is 3. The maximum atomic E-state index is 13.4. The summed E-state index contributed by atoms with van der Waals surface area (Å²) >= 11 is 0. The van der Waals surface area contributed by atoms with Crippen molar-refractivity contribution < 1.29 is 18.0 Å². The highest BCUT2D eigenvalue weighted by molar-refractivity contribution is 5.74. The number of hydrogen-bond acceptors (Lipinski definition) is 3. The third-order valence-electron chi connectivity index (χ3n) is 5.46. The molecule has 31 heavy (non-hydrogen) atoms. The minimum absolute atomic E-state index is 0.0899. The molecule has 0 radical (unpaired) electrons. The van der Waals surface area contributed by atoms with Crippen LogP contribution in [0.5, 0.6) is 0 Å². The molecule has 0 saturated heterocycles. The number of hydrogen-bond donors (Lipinski definition) is 2. The maximum absolute atomic E-state index is 13.4. The quantitative estimate of drug-likeness (QED) is 0.700. The van der Waals surface area contributed by atoms with Gasteiger partial charge in [0.1, 0.15) is 0 Å². The molecule has 2 aromatic rings. The molecule has 0 saturated carbocycles. The summed E-state index contributed by atoms with van der Waals surface area (Å²) in [6.07, 6.45) is -3.57. The minimum Gasteiger partial charge on any atom is -0.334 e. The Labute approximate surface area is 181 Å². The molecule has 1 aliphatic heterocycles. The second-order valence-electron chi connectivity index (χ2n) is 8.02. The number of nitrogens with one attached hydrogen (secondary N) is 2. The molecule has 8 heteroatoms. The lowest BCUT2D eigenvalue weighted by Gasteiger charge is -2.27. The Kier molecular flexibility index (Phi) is 7.56. The van der Waals surface area contributed by atoms with Crippen molar-refractivity contribution in [2.45, 2.75) is 32.2 Å². The van der Waals surface area contributed by atoms with Crippen molar-refractivity contribution in [3.05, 3.63) is 70.3 Å². The molecule has 1 aliphatic rings. The van der Waals surface area contributed by atoms with E-state index in [-0.39, 0.29) is 18.1 Å². The molecule has 0 unspecified atom stereocenters. The number of nitrogens with zero attached hydrogens (tertiary/aromatic N) is 2. The zero-order valence-electron chi connectivity index (χ0n) is 17.9.